The van der Waals surface area contributed by atoms with Gasteiger partial charge in [-0.05, 0) is 18.2 Å². The average molecular weight is 260 g/mol. The van der Waals surface area contributed by atoms with E-state index in [1.807, 2.05) is 25.1 Å². The Labute approximate surface area is 111 Å². The highest BCUT2D eigenvalue weighted by molar-refractivity contribution is 6.12. The second-order valence-corrected chi connectivity index (χ2v) is 4.46. The summed E-state index contributed by atoms with van der Waals surface area (Å²) in [7, 11) is 5.57. The van der Waals surface area contributed by atoms with Crippen molar-refractivity contribution in [1.82, 2.24) is 0 Å². The molecule has 0 aliphatic heterocycles. The largest absolute Gasteiger partial charge is 0.398 e. The third kappa shape index (κ3) is 2.01. The molecule has 0 radical (unpaired) electrons. The lowest BCUT2D eigenvalue weighted by atomic mass is 10.0. The molecule has 2 aromatic rings. The Hall–Kier alpha value is -2.50. The quantitative estimate of drug-likeness (QED) is 0.503. The zero-order valence-electron chi connectivity index (χ0n) is 11.1. The Morgan fingerprint density at radius 1 is 1.21 bits per heavy atom. The van der Waals surface area contributed by atoms with E-state index in [4.69, 9.17) is 5.73 Å². The van der Waals surface area contributed by atoms with Gasteiger partial charge in [0.25, 0.3) is 5.69 Å². The summed E-state index contributed by atoms with van der Waals surface area (Å²) in [6.45, 7) is 0. The second kappa shape index (κ2) is 4.64. The molecule has 3 N–H and O–H groups in total. The number of non-ortho nitro benzene ring substituents is 1. The number of nitro benzene ring substituents is 1. The Balaban J connectivity index is 3.00. The first-order valence-corrected chi connectivity index (χ1v) is 5.82. The normalized spacial score (nSPS) is 10.5. The van der Waals surface area contributed by atoms with Gasteiger partial charge in [0.2, 0.25) is 0 Å². The van der Waals surface area contributed by atoms with Crippen LogP contribution in [0, 0.1) is 10.1 Å². The molecule has 0 atom stereocenters. The van der Waals surface area contributed by atoms with Crippen LogP contribution < -0.4 is 16.0 Å². The highest BCUT2D eigenvalue weighted by Crippen LogP contribution is 2.40. The molecule has 19 heavy (non-hydrogen) atoms. The van der Waals surface area contributed by atoms with Crippen LogP contribution in [0.5, 0.6) is 0 Å². The van der Waals surface area contributed by atoms with E-state index in [-0.39, 0.29) is 5.69 Å². The van der Waals surface area contributed by atoms with Crippen molar-refractivity contribution in [3.05, 3.63) is 34.4 Å². The van der Waals surface area contributed by atoms with E-state index >= 15 is 0 Å². The predicted octanol–water partition coefficient (Wildman–Crippen LogP) is 2.44. The molecule has 0 aromatic heterocycles. The molecule has 2 aromatic carbocycles. The summed E-state index contributed by atoms with van der Waals surface area (Å²) < 4.78 is 0. The van der Waals surface area contributed by atoms with E-state index in [1.54, 1.807) is 19.2 Å². The van der Waals surface area contributed by atoms with Crippen molar-refractivity contribution >= 4 is 33.5 Å². The highest BCUT2D eigenvalue weighted by atomic mass is 16.6. The van der Waals surface area contributed by atoms with Crippen LogP contribution in [-0.4, -0.2) is 26.1 Å². The van der Waals surface area contributed by atoms with Crippen molar-refractivity contribution in [1.29, 1.82) is 0 Å². The fourth-order valence-electron chi connectivity index (χ4n) is 2.22. The monoisotopic (exact) mass is 260 g/mol. The molecule has 0 bridgehead atoms. The number of nitro groups is 1. The maximum absolute atomic E-state index is 11.2. The van der Waals surface area contributed by atoms with Gasteiger partial charge in [-0.2, -0.15) is 0 Å². The molecule has 0 heterocycles. The van der Waals surface area contributed by atoms with Crippen molar-refractivity contribution in [2.24, 2.45) is 0 Å². The van der Waals surface area contributed by atoms with E-state index in [0.29, 0.717) is 11.1 Å². The van der Waals surface area contributed by atoms with E-state index < -0.39 is 4.92 Å². The zero-order valence-corrected chi connectivity index (χ0v) is 11.1. The maximum atomic E-state index is 11.2. The lowest BCUT2D eigenvalue weighted by Gasteiger charge is -2.18. The topological polar surface area (TPSA) is 84.4 Å². The smallest absolute Gasteiger partial charge is 0.279 e. The van der Waals surface area contributed by atoms with Crippen LogP contribution in [0.25, 0.3) is 10.8 Å². The third-order valence-corrected chi connectivity index (χ3v) is 3.10. The first-order valence-electron chi connectivity index (χ1n) is 5.82. The van der Waals surface area contributed by atoms with Crippen LogP contribution in [0.3, 0.4) is 0 Å². The van der Waals surface area contributed by atoms with Crippen LogP contribution in [0.4, 0.5) is 22.7 Å². The van der Waals surface area contributed by atoms with Gasteiger partial charge in [0.1, 0.15) is 0 Å². The molecular weight excluding hydrogens is 244 g/mol. The van der Waals surface area contributed by atoms with Crippen molar-refractivity contribution in [3.8, 4) is 0 Å². The minimum absolute atomic E-state index is 0.0233. The predicted molar refractivity (Wildman–Crippen MR) is 78.9 cm³/mol. The lowest BCUT2D eigenvalue weighted by Crippen LogP contribution is -2.10. The van der Waals surface area contributed by atoms with Crippen LogP contribution in [0.1, 0.15) is 0 Å². The molecule has 2 rings (SSSR count). The van der Waals surface area contributed by atoms with Gasteiger partial charge in [0.15, 0.2) is 0 Å². The molecule has 0 fully saturated rings. The van der Waals surface area contributed by atoms with E-state index in [1.165, 1.54) is 6.07 Å². The van der Waals surface area contributed by atoms with Gasteiger partial charge in [-0.1, -0.05) is 0 Å². The Bertz CT molecular complexity index is 653. The molecule has 0 saturated carbocycles. The van der Waals surface area contributed by atoms with Crippen LogP contribution in [0.2, 0.25) is 0 Å². The molecule has 0 aliphatic rings. The maximum Gasteiger partial charge on any atom is 0.279 e. The molecule has 0 amide bonds. The number of anilines is 3. The van der Waals surface area contributed by atoms with Crippen LogP contribution >= 0.6 is 0 Å². The molecular formula is C13H16N4O2. The summed E-state index contributed by atoms with van der Waals surface area (Å²) in [5.74, 6) is 0. The lowest BCUT2D eigenvalue weighted by molar-refractivity contribution is -0.383. The van der Waals surface area contributed by atoms with E-state index in [9.17, 15) is 10.1 Å². The number of rotatable bonds is 3. The van der Waals surface area contributed by atoms with Gasteiger partial charge >= 0.3 is 0 Å². The highest BCUT2D eigenvalue weighted by Gasteiger charge is 2.19. The van der Waals surface area contributed by atoms with Crippen molar-refractivity contribution in [3.63, 3.8) is 0 Å². The van der Waals surface area contributed by atoms with Crippen LogP contribution in [-0.2, 0) is 0 Å². The van der Waals surface area contributed by atoms with Gasteiger partial charge in [-0.15, -0.1) is 0 Å². The van der Waals surface area contributed by atoms with Gasteiger partial charge in [-0.25, -0.2) is 0 Å². The fourth-order valence-corrected chi connectivity index (χ4v) is 2.22. The summed E-state index contributed by atoms with van der Waals surface area (Å²) in [5, 5.41) is 15.5. The number of nitrogens with zero attached hydrogens (tertiary/aromatic N) is 2. The van der Waals surface area contributed by atoms with Crippen molar-refractivity contribution in [2.75, 3.05) is 37.1 Å². The Morgan fingerprint density at radius 2 is 1.89 bits per heavy atom. The average Bonchev–Trinajstić information content (AvgIpc) is 2.37. The Morgan fingerprint density at radius 3 is 2.42 bits per heavy atom. The standard InChI is InChI=1S/C13H16N4O2/c1-15-9-5-4-8(14)12-11(17(18)19)7-6-10(13(9)12)16(2)3/h4-7,15H,14H2,1-3H3. The van der Waals surface area contributed by atoms with Crippen LogP contribution in [0.15, 0.2) is 24.3 Å². The summed E-state index contributed by atoms with van der Waals surface area (Å²) in [4.78, 5) is 12.7. The number of fused-ring (bicyclic) bond motifs is 1. The van der Waals surface area contributed by atoms with Gasteiger partial charge in [0.05, 0.1) is 10.3 Å². The summed E-state index contributed by atoms with van der Waals surface area (Å²) in [5.41, 5.74) is 8.07. The minimum atomic E-state index is -0.405. The fraction of sp³-hybridized carbons (Fsp3) is 0.231. The third-order valence-electron chi connectivity index (χ3n) is 3.10. The number of nitrogen functional groups attached to an aromatic ring is 1. The molecule has 0 spiro atoms. The second-order valence-electron chi connectivity index (χ2n) is 4.46. The first-order chi connectivity index (χ1) is 8.97. The molecule has 100 valence electrons. The Kier molecular flexibility index (Phi) is 3.16. The summed E-state index contributed by atoms with van der Waals surface area (Å²) in [6, 6.07) is 6.74. The number of nitrogens with two attached hydrogens (primary N) is 1. The SMILES string of the molecule is CNc1ccc(N)c2c([N+](=O)[O-])ccc(N(C)C)c12. The molecule has 6 heteroatoms. The van der Waals surface area contributed by atoms with E-state index in [2.05, 4.69) is 5.32 Å². The minimum Gasteiger partial charge on any atom is -0.398 e. The number of hydrogen-bond acceptors (Lipinski definition) is 5. The molecule has 0 aliphatic carbocycles. The van der Waals surface area contributed by atoms with Gasteiger partial charge in [0, 0.05) is 49.7 Å². The van der Waals surface area contributed by atoms with Gasteiger partial charge < -0.3 is 16.0 Å². The number of nitrogens with one attached hydrogen (secondary N) is 1. The van der Waals surface area contributed by atoms with Crippen molar-refractivity contribution < 1.29 is 4.92 Å². The summed E-state index contributed by atoms with van der Waals surface area (Å²) >= 11 is 0. The summed E-state index contributed by atoms with van der Waals surface area (Å²) in [6.07, 6.45) is 0. The molecule has 6 nitrogen and oxygen atoms in total. The molecule has 0 saturated heterocycles. The van der Waals surface area contributed by atoms with Gasteiger partial charge in [-0.3, -0.25) is 10.1 Å². The van der Waals surface area contributed by atoms with E-state index in [0.717, 1.165) is 16.8 Å². The zero-order chi connectivity index (χ0) is 14.2. The molecule has 0 unspecified atom stereocenters. The number of benzene rings is 2. The number of hydrogen-bond donors (Lipinski definition) is 2. The first kappa shape index (κ1) is 12.9. The van der Waals surface area contributed by atoms with Crippen molar-refractivity contribution in [2.45, 2.75) is 0 Å².